The minimum absolute atomic E-state index is 0.446. The third kappa shape index (κ3) is 0.840. The molecule has 0 aromatic carbocycles. The number of hydrogen-bond acceptors (Lipinski definition) is 3. The number of nitrogens with zero attached hydrogens (tertiary/aromatic N) is 4. The Bertz CT molecular complexity index is 468. The molecule has 0 saturated heterocycles. The van der Waals surface area contributed by atoms with Crippen molar-refractivity contribution in [3.8, 4) is 6.07 Å². The number of pyridine rings is 1. The van der Waals surface area contributed by atoms with Crippen LogP contribution >= 0.6 is 11.6 Å². The van der Waals surface area contributed by atoms with Crippen molar-refractivity contribution in [3.05, 3.63) is 29.2 Å². The molecule has 2 aromatic rings. The van der Waals surface area contributed by atoms with Crippen LogP contribution in [0.4, 0.5) is 0 Å². The Morgan fingerprint density at radius 2 is 2.33 bits per heavy atom. The molecule has 58 valence electrons. The van der Waals surface area contributed by atoms with E-state index in [2.05, 4.69) is 10.1 Å². The van der Waals surface area contributed by atoms with Gasteiger partial charge in [-0.15, -0.1) is 0 Å². The lowest BCUT2D eigenvalue weighted by molar-refractivity contribution is 0.960. The average molecular weight is 179 g/mol. The van der Waals surface area contributed by atoms with Crippen molar-refractivity contribution in [2.24, 2.45) is 0 Å². The van der Waals surface area contributed by atoms with E-state index in [1.165, 1.54) is 10.8 Å². The first-order valence-electron chi connectivity index (χ1n) is 3.21. The summed E-state index contributed by atoms with van der Waals surface area (Å²) in [6, 6.07) is 5.23. The lowest BCUT2D eigenvalue weighted by atomic mass is 10.3. The van der Waals surface area contributed by atoms with E-state index in [1.807, 2.05) is 6.07 Å². The van der Waals surface area contributed by atoms with Gasteiger partial charge >= 0.3 is 0 Å². The fraction of sp³-hybridized carbons (Fsp3) is 0. The lowest BCUT2D eigenvalue weighted by Crippen LogP contribution is -1.91. The van der Waals surface area contributed by atoms with Gasteiger partial charge in [-0.25, -0.2) is 9.50 Å². The second-order valence-electron chi connectivity index (χ2n) is 2.18. The zero-order valence-corrected chi connectivity index (χ0v) is 6.65. The molecule has 2 aromatic heterocycles. The maximum atomic E-state index is 8.67. The summed E-state index contributed by atoms with van der Waals surface area (Å²) in [5, 5.41) is 13.0. The Hall–Kier alpha value is -1.60. The topological polar surface area (TPSA) is 54.0 Å². The largest absolute Gasteiger partial charge is 0.214 e. The van der Waals surface area contributed by atoms with Gasteiger partial charge in [0.2, 0.25) is 0 Å². The monoisotopic (exact) mass is 178 g/mol. The van der Waals surface area contributed by atoms with Gasteiger partial charge in [0, 0.05) is 0 Å². The molecule has 0 aliphatic heterocycles. The summed E-state index contributed by atoms with van der Waals surface area (Å²) < 4.78 is 1.42. The van der Waals surface area contributed by atoms with Gasteiger partial charge in [0.25, 0.3) is 0 Å². The highest BCUT2D eigenvalue weighted by Gasteiger charge is 2.04. The van der Waals surface area contributed by atoms with Crippen molar-refractivity contribution in [2.75, 3.05) is 0 Å². The third-order valence-corrected chi connectivity index (χ3v) is 1.79. The molecule has 2 rings (SSSR count). The predicted molar refractivity (Wildman–Crippen MR) is 42.7 cm³/mol. The molecule has 0 atom stereocenters. The van der Waals surface area contributed by atoms with Crippen LogP contribution in [0, 0.1) is 11.3 Å². The highest BCUT2D eigenvalue weighted by Crippen LogP contribution is 2.13. The molecule has 0 unspecified atom stereocenters. The van der Waals surface area contributed by atoms with Crippen LogP contribution in [0.1, 0.15) is 5.56 Å². The predicted octanol–water partition coefficient (Wildman–Crippen LogP) is 1.25. The van der Waals surface area contributed by atoms with Crippen LogP contribution in [0.2, 0.25) is 5.15 Å². The van der Waals surface area contributed by atoms with Crippen LogP contribution in [0.25, 0.3) is 5.65 Å². The molecule has 0 bridgehead atoms. The molecule has 0 N–H and O–H groups in total. The Balaban J connectivity index is 2.94. The summed E-state index contributed by atoms with van der Waals surface area (Å²) in [4.78, 5) is 3.90. The van der Waals surface area contributed by atoms with E-state index in [1.54, 1.807) is 12.1 Å². The van der Waals surface area contributed by atoms with E-state index >= 15 is 0 Å². The van der Waals surface area contributed by atoms with Gasteiger partial charge in [0.1, 0.15) is 17.5 Å². The molecule has 4 nitrogen and oxygen atoms in total. The minimum Gasteiger partial charge on any atom is -0.214 e. The number of nitriles is 1. The van der Waals surface area contributed by atoms with Crippen molar-refractivity contribution in [1.29, 1.82) is 5.26 Å². The first-order chi connectivity index (χ1) is 5.83. The van der Waals surface area contributed by atoms with Crippen LogP contribution in [-0.4, -0.2) is 14.6 Å². The Kier molecular flexibility index (Phi) is 1.45. The van der Waals surface area contributed by atoms with Gasteiger partial charge in [-0.05, 0) is 12.1 Å². The highest BCUT2D eigenvalue weighted by molar-refractivity contribution is 6.29. The molecule has 5 heteroatoms. The van der Waals surface area contributed by atoms with Crippen molar-refractivity contribution >= 4 is 17.2 Å². The first-order valence-corrected chi connectivity index (χ1v) is 3.59. The second kappa shape index (κ2) is 2.47. The summed E-state index contributed by atoms with van der Waals surface area (Å²) in [5.74, 6) is 0. The summed E-state index contributed by atoms with van der Waals surface area (Å²) in [7, 11) is 0. The van der Waals surface area contributed by atoms with Gasteiger partial charge in [0.05, 0.1) is 5.56 Å². The molecule has 2 heterocycles. The molecule has 0 radical (unpaired) electrons. The molecular weight excluding hydrogens is 176 g/mol. The van der Waals surface area contributed by atoms with E-state index in [4.69, 9.17) is 16.9 Å². The van der Waals surface area contributed by atoms with E-state index in [0.29, 0.717) is 16.4 Å². The van der Waals surface area contributed by atoms with Gasteiger partial charge in [-0.2, -0.15) is 10.4 Å². The van der Waals surface area contributed by atoms with E-state index < -0.39 is 0 Å². The number of fused-ring (bicyclic) bond motifs is 1. The smallest absolute Gasteiger partial charge is 0.174 e. The van der Waals surface area contributed by atoms with E-state index in [-0.39, 0.29) is 0 Å². The van der Waals surface area contributed by atoms with Crippen LogP contribution in [0.15, 0.2) is 18.5 Å². The summed E-state index contributed by atoms with van der Waals surface area (Å²) in [6.45, 7) is 0. The van der Waals surface area contributed by atoms with Gasteiger partial charge in [0.15, 0.2) is 5.65 Å². The van der Waals surface area contributed by atoms with Gasteiger partial charge < -0.3 is 0 Å². The third-order valence-electron chi connectivity index (χ3n) is 1.50. The number of hydrogen-bond donors (Lipinski definition) is 0. The first kappa shape index (κ1) is 7.07. The summed E-state index contributed by atoms with van der Waals surface area (Å²) in [6.07, 6.45) is 1.36. The Labute approximate surface area is 73.0 Å². The van der Waals surface area contributed by atoms with Crippen molar-refractivity contribution in [3.63, 3.8) is 0 Å². The van der Waals surface area contributed by atoms with Crippen molar-refractivity contribution < 1.29 is 0 Å². The summed E-state index contributed by atoms with van der Waals surface area (Å²) in [5.41, 5.74) is 0.960. The zero-order valence-electron chi connectivity index (χ0n) is 5.90. The number of aromatic nitrogens is 3. The maximum Gasteiger partial charge on any atom is 0.174 e. The van der Waals surface area contributed by atoms with Gasteiger partial charge in [-0.3, -0.25) is 0 Å². The van der Waals surface area contributed by atoms with Crippen molar-refractivity contribution in [1.82, 2.24) is 14.6 Å². The molecule has 0 saturated carbocycles. The Morgan fingerprint density at radius 1 is 1.50 bits per heavy atom. The lowest BCUT2D eigenvalue weighted by Gasteiger charge is -1.95. The average Bonchev–Trinajstić information content (AvgIpc) is 2.54. The maximum absolute atomic E-state index is 8.67. The number of halogens is 1. The normalized spacial score (nSPS) is 10.0. The van der Waals surface area contributed by atoms with Crippen molar-refractivity contribution in [2.45, 2.75) is 0 Å². The molecule has 0 aliphatic carbocycles. The summed E-state index contributed by atoms with van der Waals surface area (Å²) >= 11 is 5.78. The number of rotatable bonds is 0. The zero-order chi connectivity index (χ0) is 8.55. The fourth-order valence-electron chi connectivity index (χ4n) is 0.966. The van der Waals surface area contributed by atoms with Gasteiger partial charge in [-0.1, -0.05) is 11.6 Å². The quantitative estimate of drug-likeness (QED) is 0.571. The fourth-order valence-corrected chi connectivity index (χ4v) is 1.15. The second-order valence-corrected chi connectivity index (χ2v) is 2.56. The van der Waals surface area contributed by atoms with E-state index in [9.17, 15) is 0 Å². The highest BCUT2D eigenvalue weighted by atomic mass is 35.5. The van der Waals surface area contributed by atoms with Crippen LogP contribution in [0.3, 0.4) is 0 Å². The molecule has 12 heavy (non-hydrogen) atoms. The molecule has 0 spiro atoms. The minimum atomic E-state index is 0.446. The SMILES string of the molecule is N#Cc1ccc(Cl)n2ncnc12. The van der Waals surface area contributed by atoms with E-state index in [0.717, 1.165) is 0 Å². The van der Waals surface area contributed by atoms with Crippen LogP contribution in [-0.2, 0) is 0 Å². The van der Waals surface area contributed by atoms with Crippen LogP contribution < -0.4 is 0 Å². The molecule has 0 fully saturated rings. The molecule has 0 aliphatic rings. The molecular formula is C7H3ClN4. The molecule has 0 amide bonds. The van der Waals surface area contributed by atoms with Crippen LogP contribution in [0.5, 0.6) is 0 Å². The standard InChI is InChI=1S/C7H3ClN4/c8-6-2-1-5(3-9)7-10-4-11-12(6)7/h1-2,4H. The Morgan fingerprint density at radius 3 is 3.08 bits per heavy atom.